The molecule has 0 aliphatic rings. The van der Waals surface area contributed by atoms with Crippen LogP contribution < -0.4 is 11.1 Å². The third-order valence-corrected chi connectivity index (χ3v) is 3.52. The Morgan fingerprint density at radius 3 is 2.62 bits per heavy atom. The van der Waals surface area contributed by atoms with Gasteiger partial charge in [0.05, 0.1) is 0 Å². The van der Waals surface area contributed by atoms with Crippen molar-refractivity contribution >= 4 is 17.3 Å². The maximum Gasteiger partial charge on any atom is 0.0455 e. The molecule has 0 aliphatic heterocycles. The van der Waals surface area contributed by atoms with Crippen LogP contribution in [-0.2, 0) is 0 Å². The number of halogens is 1. The van der Waals surface area contributed by atoms with Crippen LogP contribution >= 0.6 is 11.6 Å². The highest BCUT2D eigenvalue weighted by molar-refractivity contribution is 6.31. The highest BCUT2D eigenvalue weighted by Gasteiger charge is 2.13. The number of nitrogens with two attached hydrogens (primary N) is 1. The van der Waals surface area contributed by atoms with Crippen LogP contribution in [0.2, 0.25) is 5.02 Å². The molecule has 2 atom stereocenters. The lowest BCUT2D eigenvalue weighted by Crippen LogP contribution is -2.34. The fourth-order valence-electron chi connectivity index (χ4n) is 1.61. The van der Waals surface area contributed by atoms with Crippen molar-refractivity contribution in [1.29, 1.82) is 0 Å². The predicted molar refractivity (Wildman–Crippen MR) is 72.1 cm³/mol. The molecule has 0 spiro atoms. The van der Waals surface area contributed by atoms with Crippen molar-refractivity contribution in [2.45, 2.75) is 33.2 Å². The number of benzene rings is 1. The van der Waals surface area contributed by atoms with Crippen LogP contribution in [0.25, 0.3) is 0 Å². The lowest BCUT2D eigenvalue weighted by atomic mass is 9.99. The smallest absolute Gasteiger partial charge is 0.0455 e. The van der Waals surface area contributed by atoms with Gasteiger partial charge in [0.1, 0.15) is 0 Å². The van der Waals surface area contributed by atoms with Crippen molar-refractivity contribution in [2.24, 2.45) is 11.7 Å². The molecule has 0 saturated carbocycles. The maximum absolute atomic E-state index is 6.08. The number of hydrogen-bond donors (Lipinski definition) is 2. The van der Waals surface area contributed by atoms with Gasteiger partial charge in [-0.2, -0.15) is 0 Å². The molecule has 0 heterocycles. The third-order valence-electron chi connectivity index (χ3n) is 3.11. The molecule has 0 aromatic heterocycles. The Bertz CT molecular complexity index is 339. The minimum absolute atomic E-state index is 0.309. The summed E-state index contributed by atoms with van der Waals surface area (Å²) in [5.74, 6) is 0.560. The molecule has 0 radical (unpaired) electrons. The number of hydrogen-bond acceptors (Lipinski definition) is 2. The first-order valence-electron chi connectivity index (χ1n) is 5.81. The monoisotopic (exact) mass is 240 g/mol. The number of rotatable bonds is 5. The second-order valence-electron chi connectivity index (χ2n) is 4.34. The molecule has 0 fully saturated rings. The zero-order valence-electron chi connectivity index (χ0n) is 10.3. The number of nitrogens with one attached hydrogen (secondary N) is 1. The van der Waals surface area contributed by atoms with Crippen LogP contribution in [-0.4, -0.2) is 12.6 Å². The highest BCUT2D eigenvalue weighted by atomic mass is 35.5. The van der Waals surface area contributed by atoms with E-state index in [1.165, 1.54) is 0 Å². The minimum Gasteiger partial charge on any atom is -0.381 e. The molecule has 2 unspecified atom stereocenters. The molecule has 3 N–H and O–H groups in total. The Labute approximate surface area is 103 Å². The van der Waals surface area contributed by atoms with Crippen LogP contribution in [0.1, 0.15) is 25.8 Å². The molecule has 1 aromatic carbocycles. The molecule has 0 saturated heterocycles. The molecule has 16 heavy (non-hydrogen) atoms. The van der Waals surface area contributed by atoms with Gasteiger partial charge in [-0.05, 0) is 30.5 Å². The molecule has 0 aliphatic carbocycles. The van der Waals surface area contributed by atoms with E-state index in [-0.39, 0.29) is 0 Å². The fourth-order valence-corrected chi connectivity index (χ4v) is 1.80. The van der Waals surface area contributed by atoms with E-state index in [0.717, 1.165) is 22.7 Å². The van der Waals surface area contributed by atoms with E-state index in [1.54, 1.807) is 0 Å². The molecule has 3 heteroatoms. The number of anilines is 1. The van der Waals surface area contributed by atoms with Gasteiger partial charge in [0.15, 0.2) is 0 Å². The highest BCUT2D eigenvalue weighted by Crippen LogP contribution is 2.21. The second kappa shape index (κ2) is 6.12. The summed E-state index contributed by atoms with van der Waals surface area (Å²) in [5.41, 5.74) is 7.91. The largest absolute Gasteiger partial charge is 0.381 e. The first-order chi connectivity index (χ1) is 7.58. The molecule has 0 amide bonds. The Hall–Kier alpha value is -0.730. The summed E-state index contributed by atoms with van der Waals surface area (Å²) in [6.07, 6.45) is 1.12. The van der Waals surface area contributed by atoms with Gasteiger partial charge in [0, 0.05) is 23.3 Å². The van der Waals surface area contributed by atoms with Gasteiger partial charge in [-0.25, -0.2) is 0 Å². The van der Waals surface area contributed by atoms with E-state index in [1.807, 2.05) is 25.1 Å². The van der Waals surface area contributed by atoms with E-state index in [4.69, 9.17) is 17.3 Å². The van der Waals surface area contributed by atoms with Crippen LogP contribution in [0.4, 0.5) is 5.69 Å². The quantitative estimate of drug-likeness (QED) is 0.828. The van der Waals surface area contributed by atoms with Crippen LogP contribution in [0.3, 0.4) is 0 Å². The zero-order valence-corrected chi connectivity index (χ0v) is 11.0. The summed E-state index contributed by atoms with van der Waals surface area (Å²) in [5, 5.41) is 4.23. The average molecular weight is 241 g/mol. The van der Waals surface area contributed by atoms with E-state index >= 15 is 0 Å². The summed E-state index contributed by atoms with van der Waals surface area (Å²) in [4.78, 5) is 0. The van der Waals surface area contributed by atoms with Gasteiger partial charge in [0.2, 0.25) is 0 Å². The van der Waals surface area contributed by atoms with Crippen molar-refractivity contribution in [2.75, 3.05) is 11.9 Å². The summed E-state index contributed by atoms with van der Waals surface area (Å²) < 4.78 is 0. The molecule has 90 valence electrons. The molecule has 0 bridgehead atoms. The predicted octanol–water partition coefficient (Wildman–Crippen LogP) is 3.43. The zero-order chi connectivity index (χ0) is 12.1. The third kappa shape index (κ3) is 3.39. The van der Waals surface area contributed by atoms with E-state index < -0.39 is 0 Å². The summed E-state index contributed by atoms with van der Waals surface area (Å²) >= 11 is 6.08. The second-order valence-corrected chi connectivity index (χ2v) is 4.74. The Morgan fingerprint density at radius 2 is 2.12 bits per heavy atom. The molecule has 1 aromatic rings. The summed E-state index contributed by atoms with van der Waals surface area (Å²) in [6.45, 7) is 7.03. The SMILES string of the molecule is CCC(C)C(CN)Nc1ccc(C)c(Cl)c1. The van der Waals surface area contributed by atoms with Gasteiger partial charge < -0.3 is 11.1 Å². The van der Waals surface area contributed by atoms with Gasteiger partial charge in [-0.1, -0.05) is 37.9 Å². The maximum atomic E-state index is 6.08. The van der Waals surface area contributed by atoms with Crippen LogP contribution in [0.15, 0.2) is 18.2 Å². The van der Waals surface area contributed by atoms with Crippen LogP contribution in [0, 0.1) is 12.8 Å². The first kappa shape index (κ1) is 13.3. The van der Waals surface area contributed by atoms with E-state index in [0.29, 0.717) is 18.5 Å². The standard InChI is InChI=1S/C13H21ClN2/c1-4-9(2)13(8-15)16-11-6-5-10(3)12(14)7-11/h5-7,9,13,16H,4,8,15H2,1-3H3. The van der Waals surface area contributed by atoms with Gasteiger partial charge in [0.25, 0.3) is 0 Å². The van der Waals surface area contributed by atoms with Crippen molar-refractivity contribution in [3.63, 3.8) is 0 Å². The Balaban J connectivity index is 2.74. The Kier molecular flexibility index (Phi) is 5.10. The minimum atomic E-state index is 0.309. The molecule has 1 rings (SSSR count). The fraction of sp³-hybridized carbons (Fsp3) is 0.538. The van der Waals surface area contributed by atoms with Crippen molar-refractivity contribution in [3.05, 3.63) is 28.8 Å². The van der Waals surface area contributed by atoms with Gasteiger partial charge in [-0.3, -0.25) is 0 Å². The molecule has 2 nitrogen and oxygen atoms in total. The van der Waals surface area contributed by atoms with E-state index in [2.05, 4.69) is 19.2 Å². The summed E-state index contributed by atoms with van der Waals surface area (Å²) in [6, 6.07) is 6.34. The molecular formula is C13H21ClN2. The van der Waals surface area contributed by atoms with Crippen molar-refractivity contribution in [1.82, 2.24) is 0 Å². The normalized spacial score (nSPS) is 14.6. The molecular weight excluding hydrogens is 220 g/mol. The van der Waals surface area contributed by atoms with E-state index in [9.17, 15) is 0 Å². The first-order valence-corrected chi connectivity index (χ1v) is 6.19. The van der Waals surface area contributed by atoms with Gasteiger partial charge >= 0.3 is 0 Å². The topological polar surface area (TPSA) is 38.0 Å². The van der Waals surface area contributed by atoms with Crippen molar-refractivity contribution < 1.29 is 0 Å². The lowest BCUT2D eigenvalue weighted by molar-refractivity contribution is 0.474. The summed E-state index contributed by atoms with van der Waals surface area (Å²) in [7, 11) is 0. The lowest BCUT2D eigenvalue weighted by Gasteiger charge is -2.24. The van der Waals surface area contributed by atoms with Gasteiger partial charge in [-0.15, -0.1) is 0 Å². The number of aryl methyl sites for hydroxylation is 1. The average Bonchev–Trinajstić information content (AvgIpc) is 2.29. The Morgan fingerprint density at radius 1 is 1.44 bits per heavy atom. The van der Waals surface area contributed by atoms with Crippen molar-refractivity contribution in [3.8, 4) is 0 Å². The van der Waals surface area contributed by atoms with Crippen LogP contribution in [0.5, 0.6) is 0 Å².